The first-order chi connectivity index (χ1) is 6.02. The molecular weight excluding hydrogens is 190 g/mol. The molecule has 1 rings (SSSR count). The molecule has 0 aliphatic heterocycles. The molecule has 3 nitrogen and oxygen atoms in total. The summed E-state index contributed by atoms with van der Waals surface area (Å²) in [6, 6.07) is 4.90. The van der Waals surface area contributed by atoms with Crippen molar-refractivity contribution >= 4 is 23.3 Å². The van der Waals surface area contributed by atoms with Gasteiger partial charge >= 0.3 is 5.97 Å². The van der Waals surface area contributed by atoms with Gasteiger partial charge in [-0.3, -0.25) is 0 Å². The molecule has 70 valence electrons. The van der Waals surface area contributed by atoms with Gasteiger partial charge in [-0.1, -0.05) is 11.6 Å². The lowest BCUT2D eigenvalue weighted by Crippen LogP contribution is -2.09. The van der Waals surface area contributed by atoms with Gasteiger partial charge in [-0.05, 0) is 18.2 Å². The number of rotatable bonds is 2. The van der Waals surface area contributed by atoms with Crippen LogP contribution < -0.4 is 4.90 Å². The van der Waals surface area contributed by atoms with Gasteiger partial charge in [0.05, 0.1) is 10.6 Å². The maximum Gasteiger partial charge on any atom is 0.337 e. The van der Waals surface area contributed by atoms with Crippen molar-refractivity contribution < 1.29 is 9.90 Å². The van der Waals surface area contributed by atoms with Gasteiger partial charge < -0.3 is 10.0 Å². The second-order valence-electron chi connectivity index (χ2n) is 2.86. The molecule has 0 atom stereocenters. The maximum absolute atomic E-state index is 10.7. The summed E-state index contributed by atoms with van der Waals surface area (Å²) < 4.78 is 0. The van der Waals surface area contributed by atoms with Crippen molar-refractivity contribution in [2.75, 3.05) is 19.0 Å². The van der Waals surface area contributed by atoms with Crippen LogP contribution in [0.2, 0.25) is 5.02 Å². The highest BCUT2D eigenvalue weighted by Crippen LogP contribution is 2.21. The number of benzene rings is 1. The van der Waals surface area contributed by atoms with Crippen LogP contribution in [0, 0.1) is 0 Å². The van der Waals surface area contributed by atoms with Crippen molar-refractivity contribution in [1.82, 2.24) is 0 Å². The van der Waals surface area contributed by atoms with Crippen molar-refractivity contribution in [3.05, 3.63) is 28.8 Å². The van der Waals surface area contributed by atoms with E-state index in [9.17, 15) is 4.79 Å². The summed E-state index contributed by atoms with van der Waals surface area (Å²) in [5.74, 6) is -1.01. The number of carboxylic acid groups (broad SMARTS) is 1. The van der Waals surface area contributed by atoms with Crippen LogP contribution in [0.25, 0.3) is 0 Å². The third-order valence-electron chi connectivity index (χ3n) is 1.70. The fraction of sp³-hybridized carbons (Fsp3) is 0.222. The van der Waals surface area contributed by atoms with Gasteiger partial charge in [-0.2, -0.15) is 0 Å². The first-order valence-electron chi connectivity index (χ1n) is 3.72. The van der Waals surface area contributed by atoms with E-state index in [1.165, 1.54) is 0 Å². The van der Waals surface area contributed by atoms with E-state index in [1.807, 2.05) is 19.0 Å². The molecule has 0 aliphatic rings. The molecule has 0 saturated carbocycles. The van der Waals surface area contributed by atoms with E-state index in [2.05, 4.69) is 0 Å². The lowest BCUT2D eigenvalue weighted by atomic mass is 10.2. The van der Waals surface area contributed by atoms with Crippen molar-refractivity contribution in [3.8, 4) is 0 Å². The van der Waals surface area contributed by atoms with Crippen molar-refractivity contribution in [3.63, 3.8) is 0 Å². The Hall–Kier alpha value is -1.22. The van der Waals surface area contributed by atoms with Gasteiger partial charge in [0.15, 0.2) is 0 Å². The summed E-state index contributed by atoms with van der Waals surface area (Å²) >= 11 is 5.70. The third kappa shape index (κ3) is 2.12. The highest BCUT2D eigenvalue weighted by Gasteiger charge is 2.09. The zero-order valence-electron chi connectivity index (χ0n) is 7.41. The van der Waals surface area contributed by atoms with Crippen LogP contribution in [0.5, 0.6) is 0 Å². The van der Waals surface area contributed by atoms with E-state index < -0.39 is 5.97 Å². The minimum atomic E-state index is -1.01. The summed E-state index contributed by atoms with van der Waals surface area (Å²) in [5, 5.41) is 9.03. The largest absolute Gasteiger partial charge is 0.478 e. The predicted octanol–water partition coefficient (Wildman–Crippen LogP) is 2.10. The smallest absolute Gasteiger partial charge is 0.337 e. The standard InChI is InChI=1S/C9H10ClNO2/c1-11(2)6-3-4-8(10)7(5-6)9(12)13/h3-5H,1-2H3,(H,12,13). The van der Waals surface area contributed by atoms with E-state index in [-0.39, 0.29) is 10.6 Å². The zero-order chi connectivity index (χ0) is 10.0. The molecule has 0 heterocycles. The monoisotopic (exact) mass is 199 g/mol. The Balaban J connectivity index is 3.19. The third-order valence-corrected chi connectivity index (χ3v) is 2.03. The number of hydrogen-bond donors (Lipinski definition) is 1. The molecule has 1 aromatic rings. The fourth-order valence-electron chi connectivity index (χ4n) is 0.955. The molecule has 13 heavy (non-hydrogen) atoms. The van der Waals surface area contributed by atoms with Crippen LogP contribution >= 0.6 is 11.6 Å². The van der Waals surface area contributed by atoms with Crippen molar-refractivity contribution in [2.24, 2.45) is 0 Å². The number of hydrogen-bond acceptors (Lipinski definition) is 2. The van der Waals surface area contributed by atoms with E-state index in [0.29, 0.717) is 0 Å². The summed E-state index contributed by atoms with van der Waals surface area (Å²) in [7, 11) is 3.68. The van der Waals surface area contributed by atoms with Gasteiger partial charge in [0, 0.05) is 19.8 Å². The summed E-state index contributed by atoms with van der Waals surface area (Å²) in [4.78, 5) is 12.5. The maximum atomic E-state index is 10.7. The van der Waals surface area contributed by atoms with Crippen LogP contribution in [0.3, 0.4) is 0 Å². The average Bonchev–Trinajstić information content (AvgIpc) is 2.04. The Bertz CT molecular complexity index is 336. The molecule has 0 aliphatic carbocycles. The molecule has 1 N–H and O–H groups in total. The van der Waals surface area contributed by atoms with Crippen LogP contribution in [-0.4, -0.2) is 25.2 Å². The Kier molecular flexibility index (Phi) is 2.78. The Morgan fingerprint density at radius 3 is 2.54 bits per heavy atom. The Morgan fingerprint density at radius 2 is 2.08 bits per heavy atom. The highest BCUT2D eigenvalue weighted by molar-refractivity contribution is 6.33. The minimum absolute atomic E-state index is 0.132. The van der Waals surface area contributed by atoms with Crippen molar-refractivity contribution in [1.29, 1.82) is 0 Å². The molecule has 0 saturated heterocycles. The highest BCUT2D eigenvalue weighted by atomic mass is 35.5. The summed E-state index contributed by atoms with van der Waals surface area (Å²) in [6.45, 7) is 0. The topological polar surface area (TPSA) is 40.5 Å². The minimum Gasteiger partial charge on any atom is -0.478 e. The number of carboxylic acids is 1. The molecule has 0 unspecified atom stereocenters. The van der Waals surface area contributed by atoms with Crippen LogP contribution in [-0.2, 0) is 0 Å². The molecular formula is C9H10ClNO2. The molecule has 0 fully saturated rings. The SMILES string of the molecule is CN(C)c1ccc(Cl)c(C(=O)O)c1. The normalized spacial score (nSPS) is 9.77. The second-order valence-corrected chi connectivity index (χ2v) is 3.27. The number of anilines is 1. The first kappa shape index (κ1) is 9.86. The van der Waals surface area contributed by atoms with Gasteiger partial charge in [-0.25, -0.2) is 4.79 Å². The molecule has 0 bridgehead atoms. The second kappa shape index (κ2) is 3.66. The molecule has 0 radical (unpaired) electrons. The fourth-order valence-corrected chi connectivity index (χ4v) is 1.15. The van der Waals surface area contributed by atoms with Crippen molar-refractivity contribution in [2.45, 2.75) is 0 Å². The number of carbonyl (C=O) groups is 1. The van der Waals surface area contributed by atoms with Gasteiger partial charge in [0.25, 0.3) is 0 Å². The lowest BCUT2D eigenvalue weighted by Gasteiger charge is -2.13. The molecule has 4 heteroatoms. The molecule has 0 spiro atoms. The lowest BCUT2D eigenvalue weighted by molar-refractivity contribution is 0.0697. The van der Waals surface area contributed by atoms with Crippen LogP contribution in [0.1, 0.15) is 10.4 Å². The average molecular weight is 200 g/mol. The van der Waals surface area contributed by atoms with Gasteiger partial charge in [0.2, 0.25) is 0 Å². The predicted molar refractivity (Wildman–Crippen MR) is 52.7 cm³/mol. The number of nitrogens with zero attached hydrogens (tertiary/aromatic N) is 1. The van der Waals surface area contributed by atoms with E-state index in [0.717, 1.165) is 5.69 Å². The Morgan fingerprint density at radius 1 is 1.46 bits per heavy atom. The molecule has 1 aromatic carbocycles. The number of aromatic carboxylic acids is 1. The van der Waals surface area contributed by atoms with E-state index >= 15 is 0 Å². The van der Waals surface area contributed by atoms with Gasteiger partial charge in [0.1, 0.15) is 0 Å². The first-order valence-corrected chi connectivity index (χ1v) is 4.10. The zero-order valence-corrected chi connectivity index (χ0v) is 8.17. The van der Waals surface area contributed by atoms with Gasteiger partial charge in [-0.15, -0.1) is 0 Å². The summed E-state index contributed by atoms with van der Waals surface area (Å²) in [6.07, 6.45) is 0. The molecule has 0 amide bonds. The van der Waals surface area contributed by atoms with E-state index in [1.54, 1.807) is 18.2 Å². The van der Waals surface area contributed by atoms with E-state index in [4.69, 9.17) is 16.7 Å². The summed E-state index contributed by atoms with van der Waals surface area (Å²) in [5.41, 5.74) is 0.953. The Labute approximate surface area is 81.5 Å². The number of halogens is 1. The van der Waals surface area contributed by atoms with Crippen LogP contribution in [0.15, 0.2) is 18.2 Å². The molecule has 0 aromatic heterocycles. The van der Waals surface area contributed by atoms with Crippen LogP contribution in [0.4, 0.5) is 5.69 Å². The quantitative estimate of drug-likeness (QED) is 0.793.